The van der Waals surface area contributed by atoms with E-state index in [1.807, 2.05) is 0 Å². The first-order valence-electron chi connectivity index (χ1n) is 16.5. The van der Waals surface area contributed by atoms with Gasteiger partial charge in [0.15, 0.2) is 0 Å². The van der Waals surface area contributed by atoms with Crippen molar-refractivity contribution in [3.05, 3.63) is 87.6 Å². The summed E-state index contributed by atoms with van der Waals surface area (Å²) in [4.78, 5) is 5.48. The molecule has 2 unspecified atom stereocenters. The fourth-order valence-electron chi connectivity index (χ4n) is 7.66. The Morgan fingerprint density at radius 2 is 1.51 bits per heavy atom. The molecule has 228 valence electrons. The Morgan fingerprint density at radius 3 is 2.07 bits per heavy atom. The van der Waals surface area contributed by atoms with Crippen LogP contribution in [0.5, 0.6) is 0 Å². The second-order valence-electron chi connectivity index (χ2n) is 16.0. The highest BCUT2D eigenvalue weighted by Crippen LogP contribution is 2.50. The molecule has 0 amide bonds. The SMILES string of the molecule is CC=CC(C)(CC)C1CC=Cc2c1c1nc(C)c(-c3c(C)cccc3C)n1c1cc(CC(C)(C)C)c(CC(C)(C)C)cc21. The third kappa shape index (κ3) is 5.75. The second kappa shape index (κ2) is 11.1. The predicted molar refractivity (Wildman–Crippen MR) is 188 cm³/mol. The van der Waals surface area contributed by atoms with Crippen LogP contribution in [-0.2, 0) is 12.8 Å². The summed E-state index contributed by atoms with van der Waals surface area (Å²) in [5.74, 6) is 0.355. The minimum atomic E-state index is 0.0431. The number of imidazole rings is 1. The molecule has 0 spiro atoms. The Balaban J connectivity index is 2.02. The molecule has 0 fully saturated rings. The number of aromatic nitrogens is 2. The van der Waals surface area contributed by atoms with Crippen LogP contribution in [0.25, 0.3) is 33.9 Å². The van der Waals surface area contributed by atoms with Gasteiger partial charge < -0.3 is 0 Å². The van der Waals surface area contributed by atoms with Crippen molar-refractivity contribution < 1.29 is 0 Å². The summed E-state index contributed by atoms with van der Waals surface area (Å²) in [6.45, 7) is 27.9. The Bertz CT molecular complexity index is 1730. The van der Waals surface area contributed by atoms with Crippen molar-refractivity contribution in [1.82, 2.24) is 9.38 Å². The van der Waals surface area contributed by atoms with E-state index < -0.39 is 0 Å². The highest BCUT2D eigenvalue weighted by Gasteiger charge is 2.37. The Labute approximate surface area is 261 Å². The minimum absolute atomic E-state index is 0.0431. The molecule has 2 nitrogen and oxygen atoms in total. The summed E-state index contributed by atoms with van der Waals surface area (Å²) in [5, 5.41) is 1.36. The van der Waals surface area contributed by atoms with Gasteiger partial charge in [0.25, 0.3) is 0 Å². The molecular weight excluding hydrogens is 520 g/mol. The lowest BCUT2D eigenvalue weighted by Gasteiger charge is -2.38. The second-order valence-corrected chi connectivity index (χ2v) is 16.0. The van der Waals surface area contributed by atoms with E-state index in [9.17, 15) is 0 Å². The number of hydrogen-bond acceptors (Lipinski definition) is 1. The van der Waals surface area contributed by atoms with Crippen LogP contribution in [0, 0.1) is 37.0 Å². The average molecular weight is 575 g/mol. The van der Waals surface area contributed by atoms with Gasteiger partial charge in [-0.15, -0.1) is 0 Å². The molecule has 0 saturated carbocycles. The van der Waals surface area contributed by atoms with Crippen LogP contribution in [0.1, 0.15) is 120 Å². The third-order valence-electron chi connectivity index (χ3n) is 9.70. The van der Waals surface area contributed by atoms with Gasteiger partial charge in [-0.25, -0.2) is 4.98 Å². The highest BCUT2D eigenvalue weighted by molar-refractivity contribution is 5.97. The lowest BCUT2D eigenvalue weighted by atomic mass is 9.67. The molecule has 2 heterocycles. The van der Waals surface area contributed by atoms with Crippen LogP contribution in [0.15, 0.2) is 48.6 Å². The van der Waals surface area contributed by atoms with E-state index in [0.29, 0.717) is 5.92 Å². The molecule has 0 saturated heterocycles. The monoisotopic (exact) mass is 574 g/mol. The molecule has 43 heavy (non-hydrogen) atoms. The van der Waals surface area contributed by atoms with Crippen LogP contribution in [0.3, 0.4) is 0 Å². The van der Waals surface area contributed by atoms with Gasteiger partial charge in [-0.2, -0.15) is 0 Å². The fourth-order valence-corrected chi connectivity index (χ4v) is 7.66. The topological polar surface area (TPSA) is 17.3 Å². The fraction of sp³-hybridized carbons (Fsp3) is 0.488. The molecule has 2 aromatic carbocycles. The first kappa shape index (κ1) is 31.3. The maximum atomic E-state index is 5.48. The van der Waals surface area contributed by atoms with Crippen LogP contribution in [-0.4, -0.2) is 9.38 Å². The van der Waals surface area contributed by atoms with Gasteiger partial charge in [-0.05, 0) is 110 Å². The van der Waals surface area contributed by atoms with Crippen LogP contribution >= 0.6 is 0 Å². The number of hydrogen-bond donors (Lipinski definition) is 0. The molecule has 5 rings (SSSR count). The Morgan fingerprint density at radius 1 is 0.907 bits per heavy atom. The summed E-state index contributed by atoms with van der Waals surface area (Å²) in [7, 11) is 0. The van der Waals surface area contributed by atoms with Crippen molar-refractivity contribution in [2.75, 3.05) is 0 Å². The lowest BCUT2D eigenvalue weighted by molar-refractivity contribution is 0.322. The van der Waals surface area contributed by atoms with E-state index in [2.05, 4.69) is 142 Å². The number of benzene rings is 2. The zero-order valence-corrected chi connectivity index (χ0v) is 29.0. The third-order valence-corrected chi connectivity index (χ3v) is 9.70. The summed E-state index contributed by atoms with van der Waals surface area (Å²) in [5.41, 5.74) is 14.9. The molecule has 2 atom stereocenters. The van der Waals surface area contributed by atoms with Gasteiger partial charge in [0.05, 0.1) is 16.9 Å². The zero-order chi connectivity index (χ0) is 31.5. The number of allylic oxidation sites excluding steroid dienone is 3. The van der Waals surface area contributed by atoms with Crippen LogP contribution < -0.4 is 0 Å². The number of fused-ring (bicyclic) bond motifs is 6. The van der Waals surface area contributed by atoms with Crippen molar-refractivity contribution in [3.63, 3.8) is 0 Å². The van der Waals surface area contributed by atoms with Gasteiger partial charge in [0.2, 0.25) is 0 Å². The van der Waals surface area contributed by atoms with E-state index in [0.717, 1.165) is 37.0 Å². The van der Waals surface area contributed by atoms with Crippen molar-refractivity contribution in [2.24, 2.45) is 16.2 Å². The van der Waals surface area contributed by atoms with Crippen molar-refractivity contribution in [1.29, 1.82) is 0 Å². The molecule has 2 aromatic heterocycles. The maximum Gasteiger partial charge on any atom is 0.142 e. The maximum absolute atomic E-state index is 5.48. The Kier molecular flexibility index (Phi) is 8.08. The van der Waals surface area contributed by atoms with E-state index in [1.54, 1.807) is 0 Å². The molecule has 1 aliphatic rings. The predicted octanol–water partition coefficient (Wildman–Crippen LogP) is 11.7. The van der Waals surface area contributed by atoms with Crippen molar-refractivity contribution in [2.45, 2.75) is 115 Å². The standard InChI is InChI=1S/C41H54N2/c1-13-21-41(12,14-2)33-20-16-19-31-32-22-29(24-39(6,7)8)30(25-40(9,10)11)23-34(32)43-37(28(5)42-38(43)36(31)33)35-26(3)17-15-18-27(35)4/h13,15-19,21-23,33H,14,20,24-25H2,1-12H3. The van der Waals surface area contributed by atoms with Gasteiger partial charge in [-0.3, -0.25) is 4.40 Å². The first-order valence-corrected chi connectivity index (χ1v) is 16.5. The van der Waals surface area contributed by atoms with Crippen molar-refractivity contribution >= 4 is 22.6 Å². The number of aryl methyl sites for hydroxylation is 3. The number of pyridine rings is 1. The number of rotatable bonds is 6. The molecule has 0 bridgehead atoms. The van der Waals surface area contributed by atoms with Crippen molar-refractivity contribution in [3.8, 4) is 11.3 Å². The average Bonchev–Trinajstić information content (AvgIpc) is 3.24. The molecule has 1 aliphatic carbocycles. The summed E-state index contributed by atoms with van der Waals surface area (Å²) in [6, 6.07) is 11.8. The molecule has 4 aromatic rings. The normalized spacial score (nSPS) is 17.3. The Hall–Kier alpha value is -3.13. The van der Waals surface area contributed by atoms with E-state index >= 15 is 0 Å². The molecule has 0 radical (unpaired) electrons. The summed E-state index contributed by atoms with van der Waals surface area (Å²) >= 11 is 0. The van der Waals surface area contributed by atoms with Gasteiger partial charge in [0, 0.05) is 22.4 Å². The van der Waals surface area contributed by atoms with E-state index in [1.165, 1.54) is 55.5 Å². The summed E-state index contributed by atoms with van der Waals surface area (Å²) < 4.78 is 2.56. The molecule has 0 aliphatic heterocycles. The van der Waals surface area contributed by atoms with E-state index in [-0.39, 0.29) is 16.2 Å². The highest BCUT2D eigenvalue weighted by atomic mass is 15.0. The van der Waals surface area contributed by atoms with Gasteiger partial charge in [-0.1, -0.05) is 97.9 Å². The molecular formula is C41H54N2. The largest absolute Gasteiger partial charge is 0.292 e. The quantitative estimate of drug-likeness (QED) is 0.209. The first-order chi connectivity index (χ1) is 20.1. The minimum Gasteiger partial charge on any atom is -0.292 e. The van der Waals surface area contributed by atoms with E-state index in [4.69, 9.17) is 4.98 Å². The molecule has 0 N–H and O–H groups in total. The lowest BCUT2D eigenvalue weighted by Crippen LogP contribution is -2.25. The smallest absolute Gasteiger partial charge is 0.142 e. The van der Waals surface area contributed by atoms with Crippen LogP contribution in [0.4, 0.5) is 0 Å². The molecule has 2 heteroatoms. The zero-order valence-electron chi connectivity index (χ0n) is 29.0. The summed E-state index contributed by atoms with van der Waals surface area (Å²) in [6.07, 6.45) is 13.8. The van der Waals surface area contributed by atoms with Crippen LogP contribution in [0.2, 0.25) is 0 Å². The number of nitrogens with zero attached hydrogens (tertiary/aromatic N) is 2. The van der Waals surface area contributed by atoms with Gasteiger partial charge in [0.1, 0.15) is 5.65 Å². The van der Waals surface area contributed by atoms with Gasteiger partial charge >= 0.3 is 0 Å².